The van der Waals surface area contributed by atoms with Crippen LogP contribution in [0, 0.1) is 0 Å². The van der Waals surface area contributed by atoms with Crippen LogP contribution >= 0.6 is 0 Å². The summed E-state index contributed by atoms with van der Waals surface area (Å²) >= 11 is 0. The molecule has 2 rings (SSSR count). The van der Waals surface area contributed by atoms with Crippen molar-refractivity contribution in [3.05, 3.63) is 22.7 Å². The van der Waals surface area contributed by atoms with Crippen molar-refractivity contribution in [1.29, 1.82) is 0 Å². The van der Waals surface area contributed by atoms with Crippen molar-refractivity contribution < 1.29 is 20.2 Å². The number of ether oxygens (including phenoxy) is 1. The van der Waals surface area contributed by atoms with Crippen LogP contribution in [0.1, 0.15) is 6.23 Å². The van der Waals surface area contributed by atoms with E-state index in [9.17, 15) is 15.1 Å². The molecule has 0 aromatic carbocycles. The van der Waals surface area contributed by atoms with E-state index in [4.69, 9.17) is 15.6 Å². The maximum Gasteiger partial charge on any atom is 0.351 e. The Morgan fingerprint density at radius 3 is 2.84 bits per heavy atom. The van der Waals surface area contributed by atoms with Crippen molar-refractivity contribution in [2.24, 2.45) is 0 Å². The van der Waals surface area contributed by atoms with Gasteiger partial charge in [0.15, 0.2) is 6.23 Å². The molecule has 5 N–H and O–H groups in total. The van der Waals surface area contributed by atoms with Gasteiger partial charge in [0.05, 0.1) is 6.61 Å². The molecule has 0 amide bonds. The number of likely N-dealkylation sites (N-methyl/N-ethyl adjacent to an activating group) is 1. The maximum atomic E-state index is 11.7. The van der Waals surface area contributed by atoms with E-state index >= 15 is 0 Å². The molecule has 0 spiro atoms. The molecule has 106 valence electrons. The van der Waals surface area contributed by atoms with Gasteiger partial charge in [0.1, 0.15) is 24.1 Å². The van der Waals surface area contributed by atoms with E-state index < -0.39 is 36.8 Å². The van der Waals surface area contributed by atoms with Crippen molar-refractivity contribution in [3.63, 3.8) is 0 Å². The molecule has 9 nitrogen and oxygen atoms in total. The standard InChI is InChI=1S/C10H16N4O5/c1-13(18)7-8(16)5(4-15)19-9(7)14-3-2-6(11)12-10(14)17/h2-3,5,7-9,15-16,18H,4H2,1H3,(H2,11,12,17)/t5-,7-,8-,9-/m1/s1. The minimum Gasteiger partial charge on any atom is -0.394 e. The minimum atomic E-state index is -1.14. The molecular weight excluding hydrogens is 256 g/mol. The van der Waals surface area contributed by atoms with Crippen LogP contribution in [0.25, 0.3) is 0 Å². The number of aliphatic hydroxyl groups excluding tert-OH is 2. The Morgan fingerprint density at radius 1 is 1.63 bits per heavy atom. The summed E-state index contributed by atoms with van der Waals surface area (Å²) in [5, 5.41) is 29.4. The molecule has 9 heteroatoms. The third-order valence-corrected chi connectivity index (χ3v) is 3.07. The van der Waals surface area contributed by atoms with Crippen molar-refractivity contribution in [2.75, 3.05) is 19.4 Å². The van der Waals surface area contributed by atoms with Gasteiger partial charge >= 0.3 is 5.69 Å². The number of nitrogen functional groups attached to an aromatic ring is 1. The molecule has 0 saturated carbocycles. The normalized spacial score (nSPS) is 31.0. The molecule has 4 atom stereocenters. The highest BCUT2D eigenvalue weighted by molar-refractivity contribution is 5.23. The van der Waals surface area contributed by atoms with Crippen LogP contribution in [0.3, 0.4) is 0 Å². The quantitative estimate of drug-likeness (QED) is 0.454. The van der Waals surface area contributed by atoms with E-state index in [1.54, 1.807) is 0 Å². The van der Waals surface area contributed by atoms with Crippen LogP contribution < -0.4 is 11.4 Å². The fraction of sp³-hybridized carbons (Fsp3) is 0.600. The highest BCUT2D eigenvalue weighted by Gasteiger charge is 2.46. The molecular formula is C10H16N4O5. The van der Waals surface area contributed by atoms with E-state index in [0.717, 1.165) is 9.63 Å². The molecule has 0 unspecified atom stereocenters. The molecule has 2 heterocycles. The number of aromatic nitrogens is 2. The second-order valence-corrected chi connectivity index (χ2v) is 4.34. The van der Waals surface area contributed by atoms with Gasteiger partial charge in [-0.3, -0.25) is 4.57 Å². The van der Waals surface area contributed by atoms with E-state index in [-0.39, 0.29) is 5.82 Å². The van der Waals surface area contributed by atoms with Crippen LogP contribution in [0.2, 0.25) is 0 Å². The molecule has 0 radical (unpaired) electrons. The SMILES string of the molecule is CN(O)[C@@H]1[C@H](O)[C@@H](CO)O[C@H]1n1ccc(N)nc1=O. The Morgan fingerprint density at radius 2 is 2.32 bits per heavy atom. The minimum absolute atomic E-state index is 0.0624. The number of hydrogen-bond donors (Lipinski definition) is 4. The number of anilines is 1. The number of nitrogens with zero attached hydrogens (tertiary/aromatic N) is 3. The molecule has 19 heavy (non-hydrogen) atoms. The zero-order chi connectivity index (χ0) is 14.2. The Hall–Kier alpha value is -1.52. The monoisotopic (exact) mass is 272 g/mol. The van der Waals surface area contributed by atoms with Gasteiger partial charge in [-0.05, 0) is 6.07 Å². The largest absolute Gasteiger partial charge is 0.394 e. The van der Waals surface area contributed by atoms with Crippen LogP contribution in [-0.2, 0) is 4.74 Å². The Labute approximate surface area is 108 Å². The zero-order valence-electron chi connectivity index (χ0n) is 10.2. The summed E-state index contributed by atoms with van der Waals surface area (Å²) in [7, 11) is 1.32. The molecule has 1 fully saturated rings. The summed E-state index contributed by atoms with van der Waals surface area (Å²) in [6.07, 6.45) is -1.65. The average molecular weight is 272 g/mol. The van der Waals surface area contributed by atoms with Gasteiger partial charge in [-0.25, -0.2) is 4.79 Å². The average Bonchev–Trinajstić information content (AvgIpc) is 2.66. The highest BCUT2D eigenvalue weighted by atomic mass is 16.6. The lowest BCUT2D eigenvalue weighted by Crippen LogP contribution is -2.45. The van der Waals surface area contributed by atoms with Crippen LogP contribution in [0.4, 0.5) is 5.82 Å². The number of nitrogens with two attached hydrogens (primary N) is 1. The summed E-state index contributed by atoms with van der Waals surface area (Å²) in [5.74, 6) is 0.0624. The second kappa shape index (κ2) is 5.23. The third kappa shape index (κ3) is 2.46. The lowest BCUT2D eigenvalue weighted by molar-refractivity contribution is -0.148. The molecule has 1 aliphatic rings. The van der Waals surface area contributed by atoms with Crippen molar-refractivity contribution >= 4 is 5.82 Å². The summed E-state index contributed by atoms with van der Waals surface area (Å²) in [5.41, 5.74) is 4.72. The van der Waals surface area contributed by atoms with Crippen LogP contribution in [0.15, 0.2) is 17.1 Å². The molecule has 1 aliphatic heterocycles. The van der Waals surface area contributed by atoms with Crippen molar-refractivity contribution in [3.8, 4) is 0 Å². The van der Waals surface area contributed by atoms with Gasteiger partial charge in [-0.15, -0.1) is 0 Å². The first-order valence-electron chi connectivity index (χ1n) is 5.66. The molecule has 0 bridgehead atoms. The number of aliphatic hydroxyl groups is 2. The predicted octanol–water partition coefficient (Wildman–Crippen LogP) is -2.23. The number of rotatable bonds is 3. The van der Waals surface area contributed by atoms with E-state index in [1.807, 2.05) is 0 Å². The molecule has 0 aliphatic carbocycles. The fourth-order valence-corrected chi connectivity index (χ4v) is 2.13. The van der Waals surface area contributed by atoms with Crippen molar-refractivity contribution in [2.45, 2.75) is 24.5 Å². The fourth-order valence-electron chi connectivity index (χ4n) is 2.13. The summed E-state index contributed by atoms with van der Waals surface area (Å²) < 4.78 is 6.49. The predicted molar refractivity (Wildman–Crippen MR) is 63.2 cm³/mol. The van der Waals surface area contributed by atoms with Crippen LogP contribution in [0.5, 0.6) is 0 Å². The zero-order valence-corrected chi connectivity index (χ0v) is 10.2. The summed E-state index contributed by atoms with van der Waals surface area (Å²) in [6.45, 7) is -0.431. The molecule has 1 aromatic rings. The topological polar surface area (TPSA) is 134 Å². The third-order valence-electron chi connectivity index (χ3n) is 3.07. The van der Waals surface area contributed by atoms with Crippen molar-refractivity contribution in [1.82, 2.24) is 14.6 Å². The summed E-state index contributed by atoms with van der Waals surface area (Å²) in [6, 6.07) is 0.498. The smallest absolute Gasteiger partial charge is 0.351 e. The second-order valence-electron chi connectivity index (χ2n) is 4.34. The van der Waals surface area contributed by atoms with Gasteiger partial charge in [0, 0.05) is 13.2 Å². The van der Waals surface area contributed by atoms with E-state index in [1.165, 1.54) is 19.3 Å². The first kappa shape index (κ1) is 13.9. The number of hydrogen-bond acceptors (Lipinski definition) is 8. The summed E-state index contributed by atoms with van der Waals surface area (Å²) in [4.78, 5) is 15.3. The Balaban J connectivity index is 2.39. The molecule has 1 aromatic heterocycles. The maximum absolute atomic E-state index is 11.7. The Bertz CT molecular complexity index is 505. The van der Waals surface area contributed by atoms with E-state index in [0.29, 0.717) is 0 Å². The lowest BCUT2D eigenvalue weighted by atomic mass is 10.1. The van der Waals surface area contributed by atoms with E-state index in [2.05, 4.69) is 4.98 Å². The van der Waals surface area contributed by atoms with Gasteiger partial charge in [0.25, 0.3) is 0 Å². The Kier molecular flexibility index (Phi) is 3.83. The van der Waals surface area contributed by atoms with Crippen LogP contribution in [-0.4, -0.2) is 61.9 Å². The first-order chi connectivity index (χ1) is 8.95. The number of hydroxylamine groups is 2. The van der Waals surface area contributed by atoms with Gasteiger partial charge in [-0.2, -0.15) is 10.0 Å². The lowest BCUT2D eigenvalue weighted by Gasteiger charge is -2.25. The molecule has 1 saturated heterocycles. The van der Waals surface area contributed by atoms with Gasteiger partial charge in [-0.1, -0.05) is 0 Å². The van der Waals surface area contributed by atoms with Gasteiger partial charge in [0.2, 0.25) is 0 Å². The van der Waals surface area contributed by atoms with Gasteiger partial charge < -0.3 is 25.9 Å². The first-order valence-corrected chi connectivity index (χ1v) is 5.66. The highest BCUT2D eigenvalue weighted by Crippen LogP contribution is 2.30.